The molecule has 2 amide bonds. The monoisotopic (exact) mass is 402 g/mol. The van der Waals surface area contributed by atoms with Crippen molar-refractivity contribution in [3.05, 3.63) is 56.3 Å². The normalized spacial score (nSPS) is 13.8. The van der Waals surface area contributed by atoms with Crippen LogP contribution < -0.4 is 15.5 Å². The molecule has 2 N–H and O–H groups in total. The zero-order chi connectivity index (χ0) is 19.9. The molecule has 9 heteroatoms. The van der Waals surface area contributed by atoms with Gasteiger partial charge in [0.1, 0.15) is 5.69 Å². The number of nitro benzene ring substituents is 1. The van der Waals surface area contributed by atoms with Gasteiger partial charge in [-0.15, -0.1) is 11.3 Å². The molecule has 1 aliphatic rings. The van der Waals surface area contributed by atoms with Crippen molar-refractivity contribution < 1.29 is 14.5 Å². The Hall–Kier alpha value is -2.94. The molecule has 0 saturated carbocycles. The highest BCUT2D eigenvalue weighted by atomic mass is 32.1. The van der Waals surface area contributed by atoms with E-state index in [1.165, 1.54) is 17.4 Å². The fraction of sp³-hybridized carbons (Fsp3) is 0.368. The van der Waals surface area contributed by atoms with Gasteiger partial charge >= 0.3 is 0 Å². The van der Waals surface area contributed by atoms with Gasteiger partial charge in [0.15, 0.2) is 0 Å². The first-order valence-electron chi connectivity index (χ1n) is 9.19. The molecule has 0 spiro atoms. The van der Waals surface area contributed by atoms with Crippen molar-refractivity contribution in [2.24, 2.45) is 0 Å². The SMILES string of the molecule is O=C(NCCNC(=O)c1cccs1)c1ccc(N2CCCCC2)c([N+](=O)[O-])c1. The van der Waals surface area contributed by atoms with Crippen molar-refractivity contribution in [3.8, 4) is 0 Å². The molecule has 0 atom stereocenters. The molecular formula is C19H22N4O4S. The zero-order valence-electron chi connectivity index (χ0n) is 15.3. The first-order valence-corrected chi connectivity index (χ1v) is 10.1. The van der Waals surface area contributed by atoms with E-state index < -0.39 is 10.8 Å². The Morgan fingerprint density at radius 1 is 1.07 bits per heavy atom. The lowest BCUT2D eigenvalue weighted by molar-refractivity contribution is -0.384. The van der Waals surface area contributed by atoms with Crippen molar-refractivity contribution in [2.75, 3.05) is 31.1 Å². The molecule has 0 unspecified atom stereocenters. The number of nitrogens with one attached hydrogen (secondary N) is 2. The Kier molecular flexibility index (Phi) is 6.59. The summed E-state index contributed by atoms with van der Waals surface area (Å²) < 4.78 is 0. The van der Waals surface area contributed by atoms with Crippen LogP contribution in [0.1, 0.15) is 39.3 Å². The number of hydrogen-bond donors (Lipinski definition) is 2. The van der Waals surface area contributed by atoms with Gasteiger partial charge in [-0.1, -0.05) is 6.07 Å². The van der Waals surface area contributed by atoms with Gasteiger partial charge in [-0.3, -0.25) is 19.7 Å². The molecule has 1 aromatic carbocycles. The molecule has 1 saturated heterocycles. The van der Waals surface area contributed by atoms with Gasteiger partial charge in [0.2, 0.25) is 0 Å². The summed E-state index contributed by atoms with van der Waals surface area (Å²) in [7, 11) is 0. The van der Waals surface area contributed by atoms with Crippen LogP contribution in [0.25, 0.3) is 0 Å². The summed E-state index contributed by atoms with van der Waals surface area (Å²) in [4.78, 5) is 37.8. The average Bonchev–Trinajstić information content (AvgIpc) is 3.26. The van der Waals surface area contributed by atoms with E-state index >= 15 is 0 Å². The Morgan fingerprint density at radius 3 is 2.43 bits per heavy atom. The topological polar surface area (TPSA) is 105 Å². The minimum atomic E-state index is -0.442. The predicted molar refractivity (Wildman–Crippen MR) is 108 cm³/mol. The number of anilines is 1. The second-order valence-corrected chi connectivity index (χ2v) is 7.45. The molecule has 1 fully saturated rings. The first-order chi connectivity index (χ1) is 13.6. The minimum Gasteiger partial charge on any atom is -0.366 e. The second-order valence-electron chi connectivity index (χ2n) is 6.50. The number of benzene rings is 1. The lowest BCUT2D eigenvalue weighted by Gasteiger charge is -2.28. The van der Waals surface area contributed by atoms with Gasteiger partial charge in [0.25, 0.3) is 17.5 Å². The van der Waals surface area contributed by atoms with Crippen LogP contribution in [0.15, 0.2) is 35.7 Å². The third kappa shape index (κ3) is 4.86. The van der Waals surface area contributed by atoms with E-state index in [0.29, 0.717) is 10.6 Å². The zero-order valence-corrected chi connectivity index (χ0v) is 16.2. The van der Waals surface area contributed by atoms with Crippen LogP contribution in [-0.2, 0) is 0 Å². The van der Waals surface area contributed by atoms with Crippen LogP contribution in [0.4, 0.5) is 11.4 Å². The Bertz CT molecular complexity index is 848. The molecule has 1 aliphatic heterocycles. The van der Waals surface area contributed by atoms with Gasteiger partial charge < -0.3 is 15.5 Å². The summed E-state index contributed by atoms with van der Waals surface area (Å²) in [6.07, 6.45) is 3.15. The van der Waals surface area contributed by atoms with Gasteiger partial charge in [0, 0.05) is 37.8 Å². The van der Waals surface area contributed by atoms with E-state index in [1.807, 2.05) is 10.3 Å². The third-order valence-corrected chi connectivity index (χ3v) is 5.44. The number of piperidine rings is 1. The summed E-state index contributed by atoms with van der Waals surface area (Å²) in [6, 6.07) is 8.10. The maximum atomic E-state index is 12.3. The molecule has 8 nitrogen and oxygen atoms in total. The van der Waals surface area contributed by atoms with Crippen molar-refractivity contribution in [2.45, 2.75) is 19.3 Å². The standard InChI is InChI=1S/C19H22N4O4S/c24-18(20-8-9-21-19(25)17-5-4-12-28-17)14-6-7-15(16(13-14)23(26)27)22-10-2-1-3-11-22/h4-7,12-13H,1-3,8-11H2,(H,20,24)(H,21,25). The largest absolute Gasteiger partial charge is 0.366 e. The van der Waals surface area contributed by atoms with Gasteiger partial charge in [-0.2, -0.15) is 0 Å². The average molecular weight is 402 g/mol. The third-order valence-electron chi connectivity index (χ3n) is 4.57. The number of nitrogens with zero attached hydrogens (tertiary/aromatic N) is 2. The Labute approximate surface area is 166 Å². The molecule has 2 aromatic rings. The van der Waals surface area contributed by atoms with E-state index in [1.54, 1.807) is 24.3 Å². The number of rotatable bonds is 7. The number of hydrogen-bond acceptors (Lipinski definition) is 6. The molecule has 0 bridgehead atoms. The van der Waals surface area contributed by atoms with Crippen molar-refractivity contribution >= 4 is 34.5 Å². The molecule has 1 aromatic heterocycles. The molecule has 2 heterocycles. The summed E-state index contributed by atoms with van der Waals surface area (Å²) in [5, 5.41) is 18.7. The number of carbonyl (C=O) groups excluding carboxylic acids is 2. The van der Waals surface area contributed by atoms with Crippen molar-refractivity contribution in [1.29, 1.82) is 0 Å². The number of thiophene rings is 1. The minimum absolute atomic E-state index is 0.0550. The molecule has 0 radical (unpaired) electrons. The summed E-state index contributed by atoms with van der Waals surface area (Å²) >= 11 is 1.34. The van der Waals surface area contributed by atoms with Crippen LogP contribution in [0.5, 0.6) is 0 Å². The van der Waals surface area contributed by atoms with E-state index in [9.17, 15) is 19.7 Å². The van der Waals surface area contributed by atoms with Gasteiger partial charge in [-0.25, -0.2) is 0 Å². The lowest BCUT2D eigenvalue weighted by atomic mass is 10.1. The molecule has 28 heavy (non-hydrogen) atoms. The fourth-order valence-corrected chi connectivity index (χ4v) is 3.80. The summed E-state index contributed by atoms with van der Waals surface area (Å²) in [5.74, 6) is -0.593. The maximum Gasteiger partial charge on any atom is 0.293 e. The highest BCUT2D eigenvalue weighted by Crippen LogP contribution is 2.31. The molecule has 148 valence electrons. The van der Waals surface area contributed by atoms with Crippen LogP contribution >= 0.6 is 11.3 Å². The number of nitro groups is 1. The van der Waals surface area contributed by atoms with Crippen LogP contribution in [0, 0.1) is 10.1 Å². The maximum absolute atomic E-state index is 12.3. The van der Waals surface area contributed by atoms with Gasteiger partial charge in [0.05, 0.1) is 9.80 Å². The van der Waals surface area contributed by atoms with Crippen LogP contribution in [-0.4, -0.2) is 42.9 Å². The van der Waals surface area contributed by atoms with E-state index in [0.717, 1.165) is 32.4 Å². The Balaban J connectivity index is 1.57. The van der Waals surface area contributed by atoms with Crippen molar-refractivity contribution in [3.63, 3.8) is 0 Å². The highest BCUT2D eigenvalue weighted by Gasteiger charge is 2.23. The van der Waals surface area contributed by atoms with Gasteiger partial charge in [-0.05, 0) is 42.8 Å². The summed E-state index contributed by atoms with van der Waals surface area (Å²) in [6.45, 7) is 2.08. The van der Waals surface area contributed by atoms with Crippen LogP contribution in [0.3, 0.4) is 0 Å². The molecular weight excluding hydrogens is 380 g/mol. The quantitative estimate of drug-likeness (QED) is 0.421. The first kappa shape index (κ1) is 19.8. The van der Waals surface area contributed by atoms with Crippen molar-refractivity contribution in [1.82, 2.24) is 10.6 Å². The van der Waals surface area contributed by atoms with E-state index in [4.69, 9.17) is 0 Å². The molecule has 3 rings (SSSR count). The smallest absolute Gasteiger partial charge is 0.293 e. The second kappa shape index (κ2) is 9.32. The number of amides is 2. The predicted octanol–water partition coefficient (Wildman–Crippen LogP) is 2.81. The Morgan fingerprint density at radius 2 is 1.79 bits per heavy atom. The molecule has 0 aliphatic carbocycles. The van der Waals surface area contributed by atoms with E-state index in [-0.39, 0.29) is 30.2 Å². The highest BCUT2D eigenvalue weighted by molar-refractivity contribution is 7.12. The van der Waals surface area contributed by atoms with Crippen LogP contribution in [0.2, 0.25) is 0 Å². The number of carbonyl (C=O) groups is 2. The summed E-state index contributed by atoms with van der Waals surface area (Å²) in [5.41, 5.74) is 0.738. The van der Waals surface area contributed by atoms with E-state index in [2.05, 4.69) is 10.6 Å². The lowest BCUT2D eigenvalue weighted by Crippen LogP contribution is -2.34. The fourth-order valence-electron chi connectivity index (χ4n) is 3.16.